The maximum absolute atomic E-state index is 14.6. The van der Waals surface area contributed by atoms with E-state index in [1.807, 2.05) is 0 Å². The van der Waals surface area contributed by atoms with Gasteiger partial charge in [0.15, 0.2) is 17.3 Å². The lowest BCUT2D eigenvalue weighted by atomic mass is 10.1. The second-order valence-corrected chi connectivity index (χ2v) is 8.22. The van der Waals surface area contributed by atoms with Gasteiger partial charge < -0.3 is 35.1 Å². The summed E-state index contributed by atoms with van der Waals surface area (Å²) in [6.45, 7) is -0.449. The second-order valence-electron chi connectivity index (χ2n) is 7.34. The van der Waals surface area contributed by atoms with Crippen molar-refractivity contribution < 1.29 is 56.4 Å². The molecule has 0 unspecified atom stereocenters. The van der Waals surface area contributed by atoms with Crippen LogP contribution in [0.1, 0.15) is 31.2 Å². The maximum atomic E-state index is 14.6. The number of benzene rings is 2. The fourth-order valence-corrected chi connectivity index (χ4v) is 4.05. The van der Waals surface area contributed by atoms with Gasteiger partial charge in [-0.05, 0) is 18.2 Å². The Labute approximate surface area is 215 Å². The first kappa shape index (κ1) is 28.0. The van der Waals surface area contributed by atoms with Gasteiger partial charge in [0.25, 0.3) is 0 Å². The number of amides is 2. The number of alkyl halides is 3. The number of halogens is 4. The number of hydrogen-bond acceptors (Lipinski definition) is 7. The van der Waals surface area contributed by atoms with E-state index < -0.39 is 58.3 Å². The molecule has 10 nitrogen and oxygen atoms in total. The number of rotatable bonds is 9. The number of anilines is 2. The lowest BCUT2D eigenvalue weighted by Crippen LogP contribution is -2.21. The Balaban J connectivity index is 1.84. The van der Waals surface area contributed by atoms with Gasteiger partial charge in [0.05, 0.1) is 31.2 Å². The first-order valence-electron chi connectivity index (χ1n) is 10.3. The quantitative estimate of drug-likeness (QED) is 0.251. The zero-order valence-electron chi connectivity index (χ0n) is 19.4. The molecule has 0 aliphatic carbocycles. The number of aromatic carboxylic acids is 2. The Morgan fingerprint density at radius 3 is 2.16 bits per heavy atom. The summed E-state index contributed by atoms with van der Waals surface area (Å²) < 4.78 is 69.6. The summed E-state index contributed by atoms with van der Waals surface area (Å²) in [5, 5.41) is 23.8. The third kappa shape index (κ3) is 6.23. The van der Waals surface area contributed by atoms with Crippen LogP contribution in [-0.2, 0) is 12.8 Å². The van der Waals surface area contributed by atoms with Crippen molar-refractivity contribution in [3.63, 3.8) is 0 Å². The first-order valence-corrected chi connectivity index (χ1v) is 11.1. The van der Waals surface area contributed by atoms with Crippen molar-refractivity contribution in [3.8, 4) is 17.2 Å². The summed E-state index contributed by atoms with van der Waals surface area (Å²) in [5.74, 6) is -4.30. The van der Waals surface area contributed by atoms with Gasteiger partial charge in [0, 0.05) is 23.1 Å². The zero-order valence-corrected chi connectivity index (χ0v) is 20.3. The van der Waals surface area contributed by atoms with Gasteiger partial charge in [0.2, 0.25) is 0 Å². The van der Waals surface area contributed by atoms with Gasteiger partial charge in [0.1, 0.15) is 22.8 Å². The van der Waals surface area contributed by atoms with Crippen LogP contribution in [0, 0.1) is 5.82 Å². The van der Waals surface area contributed by atoms with E-state index in [-0.39, 0.29) is 28.5 Å². The highest BCUT2D eigenvalue weighted by molar-refractivity contribution is 7.13. The molecule has 2 aromatic carbocycles. The molecule has 0 atom stereocenters. The molecule has 2 amide bonds. The molecule has 15 heteroatoms. The molecule has 0 radical (unpaired) electrons. The minimum Gasteiger partial charge on any atom is -0.496 e. The summed E-state index contributed by atoms with van der Waals surface area (Å²) in [5.41, 5.74) is -2.37. The molecule has 0 fully saturated rings. The minimum atomic E-state index is -4.62. The molecule has 0 spiro atoms. The number of carboxylic acid groups (broad SMARTS) is 2. The van der Waals surface area contributed by atoms with Gasteiger partial charge in [-0.25, -0.2) is 18.8 Å². The SMILES string of the molecule is COc1ccc(C(F)(F)F)cc1COc1cc(NC(=O)Nc2csc(C(=O)O)c2C(=O)O)c(F)cc1OC. The normalized spacial score (nSPS) is 11.0. The van der Waals surface area contributed by atoms with Crippen LogP contribution in [0.3, 0.4) is 0 Å². The highest BCUT2D eigenvalue weighted by atomic mass is 32.1. The van der Waals surface area contributed by atoms with Crippen molar-refractivity contribution in [1.29, 1.82) is 0 Å². The summed E-state index contributed by atoms with van der Waals surface area (Å²) in [7, 11) is 2.45. The Hall–Kier alpha value is -4.53. The van der Waals surface area contributed by atoms with Crippen molar-refractivity contribution in [1.82, 2.24) is 0 Å². The Morgan fingerprint density at radius 1 is 0.921 bits per heavy atom. The monoisotopic (exact) mass is 558 g/mol. The van der Waals surface area contributed by atoms with Crippen LogP contribution in [0.15, 0.2) is 35.7 Å². The molecular weight excluding hydrogens is 540 g/mol. The molecule has 38 heavy (non-hydrogen) atoms. The molecule has 0 saturated heterocycles. The number of carbonyl (C=O) groups excluding carboxylic acids is 1. The highest BCUT2D eigenvalue weighted by Gasteiger charge is 2.31. The number of ether oxygens (including phenoxy) is 3. The van der Waals surface area contributed by atoms with Crippen LogP contribution in [0.5, 0.6) is 17.2 Å². The lowest BCUT2D eigenvalue weighted by molar-refractivity contribution is -0.137. The Kier molecular flexibility index (Phi) is 8.30. The van der Waals surface area contributed by atoms with Crippen molar-refractivity contribution in [2.75, 3.05) is 24.9 Å². The fourth-order valence-electron chi connectivity index (χ4n) is 3.22. The predicted octanol–water partition coefficient (Wildman–Crippen LogP) is 5.54. The number of urea groups is 1. The number of carboxylic acids is 2. The topological polar surface area (TPSA) is 143 Å². The van der Waals surface area contributed by atoms with Gasteiger partial charge in [-0.3, -0.25) is 0 Å². The number of nitrogens with one attached hydrogen (secondary N) is 2. The van der Waals surface area contributed by atoms with E-state index in [4.69, 9.17) is 19.3 Å². The molecule has 0 bridgehead atoms. The van der Waals surface area contributed by atoms with Gasteiger partial charge in [-0.2, -0.15) is 13.2 Å². The average Bonchev–Trinajstić information content (AvgIpc) is 3.27. The molecule has 1 heterocycles. The van der Waals surface area contributed by atoms with Gasteiger partial charge in [-0.15, -0.1) is 11.3 Å². The van der Waals surface area contributed by atoms with Crippen LogP contribution in [-0.4, -0.2) is 42.4 Å². The average molecular weight is 558 g/mol. The highest BCUT2D eigenvalue weighted by Crippen LogP contribution is 2.36. The van der Waals surface area contributed by atoms with Gasteiger partial charge in [-0.1, -0.05) is 0 Å². The largest absolute Gasteiger partial charge is 0.496 e. The number of thiophene rings is 1. The molecule has 202 valence electrons. The van der Waals surface area contributed by atoms with Crippen LogP contribution in [0.4, 0.5) is 33.7 Å². The van der Waals surface area contributed by atoms with Crippen LogP contribution < -0.4 is 24.8 Å². The summed E-state index contributed by atoms with van der Waals surface area (Å²) in [4.78, 5) is 34.6. The fraction of sp³-hybridized carbons (Fsp3) is 0.174. The Morgan fingerprint density at radius 2 is 1.58 bits per heavy atom. The molecule has 3 aromatic rings. The minimum absolute atomic E-state index is 0.0221. The van der Waals surface area contributed by atoms with Crippen molar-refractivity contribution in [2.24, 2.45) is 0 Å². The smallest absolute Gasteiger partial charge is 0.416 e. The second kappa shape index (κ2) is 11.2. The molecule has 0 aliphatic heterocycles. The van der Waals surface area contributed by atoms with Crippen molar-refractivity contribution >= 4 is 40.7 Å². The molecular formula is C23H18F4N2O8S. The van der Waals surface area contributed by atoms with E-state index in [1.165, 1.54) is 14.2 Å². The third-order valence-corrected chi connectivity index (χ3v) is 5.91. The number of methoxy groups -OCH3 is 2. The van der Waals surface area contributed by atoms with Gasteiger partial charge >= 0.3 is 24.1 Å². The molecule has 4 N–H and O–H groups in total. The Bertz CT molecular complexity index is 1390. The zero-order chi connectivity index (χ0) is 28.2. The van der Waals surface area contributed by atoms with Crippen LogP contribution in [0.2, 0.25) is 0 Å². The summed E-state index contributed by atoms with van der Waals surface area (Å²) >= 11 is 0.567. The predicted molar refractivity (Wildman–Crippen MR) is 126 cm³/mol. The number of carbonyl (C=O) groups is 3. The van der Waals surface area contributed by atoms with E-state index in [0.29, 0.717) is 11.3 Å². The van der Waals surface area contributed by atoms with E-state index in [9.17, 15) is 37.1 Å². The van der Waals surface area contributed by atoms with E-state index in [2.05, 4.69) is 10.6 Å². The summed E-state index contributed by atoms with van der Waals surface area (Å²) in [6, 6.07) is 3.52. The molecule has 3 rings (SSSR count). The number of hydrogen-bond donors (Lipinski definition) is 4. The van der Waals surface area contributed by atoms with Crippen molar-refractivity contribution in [3.05, 3.63) is 63.1 Å². The lowest BCUT2D eigenvalue weighted by Gasteiger charge is -2.16. The van der Waals surface area contributed by atoms with Crippen LogP contribution >= 0.6 is 11.3 Å². The molecule has 0 aliphatic rings. The molecule has 1 aromatic heterocycles. The third-order valence-electron chi connectivity index (χ3n) is 4.94. The van der Waals surface area contributed by atoms with E-state index in [1.54, 1.807) is 0 Å². The standard InChI is InChI=1S/C23H18F4N2O8S/c1-35-15-4-3-11(23(25,26)27)5-10(15)8-37-17-7-13(12(24)6-16(17)36-2)28-22(34)29-14-9-38-19(21(32)33)18(14)20(30)31/h3-7,9H,8H2,1-2H3,(H,30,31)(H,32,33)(H2,28,29,34). The van der Waals surface area contributed by atoms with E-state index >= 15 is 0 Å². The first-order chi connectivity index (χ1) is 17.8. The molecule has 0 saturated carbocycles. The summed E-state index contributed by atoms with van der Waals surface area (Å²) in [6.07, 6.45) is -4.62. The van der Waals surface area contributed by atoms with Crippen molar-refractivity contribution in [2.45, 2.75) is 12.8 Å². The maximum Gasteiger partial charge on any atom is 0.416 e. The van der Waals surface area contributed by atoms with Crippen LogP contribution in [0.25, 0.3) is 0 Å². The van der Waals surface area contributed by atoms with E-state index in [0.717, 1.165) is 35.7 Å².